The molecule has 5 heteroatoms. The number of methoxy groups -OCH3 is 1. The molecule has 2 N–H and O–H groups in total. The molecule has 0 atom stereocenters. The summed E-state index contributed by atoms with van der Waals surface area (Å²) in [7, 11) is 1.43. The minimum Gasteiger partial charge on any atom is -0.496 e. The number of hydrogen-bond donors (Lipinski definition) is 1. The summed E-state index contributed by atoms with van der Waals surface area (Å²) in [5.74, 6) is -0.272. The molecule has 5 nitrogen and oxygen atoms in total. The number of hydrogen-bond acceptors (Lipinski definition) is 5. The molecule has 15 heavy (non-hydrogen) atoms. The van der Waals surface area contributed by atoms with E-state index in [0.717, 1.165) is 0 Å². The highest BCUT2D eigenvalue weighted by molar-refractivity contribution is 5.93. The molecule has 0 fully saturated rings. The molecule has 0 radical (unpaired) electrons. The van der Waals surface area contributed by atoms with E-state index in [4.69, 9.17) is 15.7 Å². The van der Waals surface area contributed by atoms with Gasteiger partial charge in [0.25, 0.3) is 0 Å². The number of carbonyl (C=O) groups is 1. The lowest BCUT2D eigenvalue weighted by atomic mass is 10.2. The van der Waals surface area contributed by atoms with E-state index in [0.29, 0.717) is 11.4 Å². The molecule has 0 aliphatic carbocycles. The molecular weight excluding hydrogens is 196 g/mol. The fourth-order valence-electron chi connectivity index (χ4n) is 1.05. The third-order valence-electron chi connectivity index (χ3n) is 1.71. The number of esters is 1. The Hall–Kier alpha value is -2.22. The van der Waals surface area contributed by atoms with Crippen molar-refractivity contribution in [1.82, 2.24) is 0 Å². The van der Waals surface area contributed by atoms with Crippen LogP contribution in [0, 0.1) is 11.3 Å². The van der Waals surface area contributed by atoms with Gasteiger partial charge in [0.15, 0.2) is 6.61 Å². The molecule has 0 spiro atoms. The van der Waals surface area contributed by atoms with Crippen LogP contribution in [-0.2, 0) is 4.74 Å². The minimum absolute atomic E-state index is 0.252. The van der Waals surface area contributed by atoms with Crippen molar-refractivity contribution in [3.63, 3.8) is 0 Å². The summed E-state index contributed by atoms with van der Waals surface area (Å²) in [5.41, 5.74) is 6.26. The Morgan fingerprint density at radius 3 is 2.93 bits per heavy atom. The van der Waals surface area contributed by atoms with Crippen LogP contribution in [0.2, 0.25) is 0 Å². The third-order valence-corrected chi connectivity index (χ3v) is 1.71. The SMILES string of the molecule is COc1cc(N)ccc1C(=O)OCC#N. The number of benzene rings is 1. The van der Waals surface area contributed by atoms with E-state index in [1.165, 1.54) is 19.2 Å². The molecular formula is C10H10N2O3. The van der Waals surface area contributed by atoms with E-state index in [1.54, 1.807) is 12.1 Å². The third kappa shape index (κ3) is 2.61. The van der Waals surface area contributed by atoms with Gasteiger partial charge in [-0.15, -0.1) is 0 Å². The summed E-state index contributed by atoms with van der Waals surface area (Å²) < 4.78 is 9.60. The predicted molar refractivity (Wildman–Crippen MR) is 53.3 cm³/mol. The molecule has 1 aromatic rings. The first-order chi connectivity index (χ1) is 7.19. The number of nitriles is 1. The fourth-order valence-corrected chi connectivity index (χ4v) is 1.05. The van der Waals surface area contributed by atoms with Crippen molar-refractivity contribution in [3.05, 3.63) is 23.8 Å². The molecule has 0 amide bonds. The van der Waals surface area contributed by atoms with Gasteiger partial charge in [-0.1, -0.05) is 0 Å². The lowest BCUT2D eigenvalue weighted by molar-refractivity contribution is 0.0551. The zero-order valence-corrected chi connectivity index (χ0v) is 8.19. The van der Waals surface area contributed by atoms with Gasteiger partial charge in [0.05, 0.1) is 7.11 Å². The summed E-state index contributed by atoms with van der Waals surface area (Å²) in [5, 5.41) is 8.25. The van der Waals surface area contributed by atoms with E-state index >= 15 is 0 Å². The van der Waals surface area contributed by atoms with Gasteiger partial charge in [0.2, 0.25) is 0 Å². The zero-order chi connectivity index (χ0) is 11.3. The first-order valence-electron chi connectivity index (χ1n) is 4.16. The summed E-state index contributed by atoms with van der Waals surface area (Å²) in [6.45, 7) is -0.285. The quantitative estimate of drug-likeness (QED) is 0.588. The number of carbonyl (C=O) groups excluding carboxylic acids is 1. The maximum absolute atomic E-state index is 11.4. The highest BCUT2D eigenvalue weighted by Crippen LogP contribution is 2.22. The van der Waals surface area contributed by atoms with Gasteiger partial charge in [-0.05, 0) is 12.1 Å². The molecule has 0 heterocycles. The van der Waals surface area contributed by atoms with Crippen molar-refractivity contribution < 1.29 is 14.3 Å². The molecule has 1 aromatic carbocycles. The maximum Gasteiger partial charge on any atom is 0.342 e. The zero-order valence-electron chi connectivity index (χ0n) is 8.19. The van der Waals surface area contributed by atoms with Gasteiger partial charge >= 0.3 is 5.97 Å². The average Bonchev–Trinajstić information content (AvgIpc) is 2.25. The molecule has 0 saturated heterocycles. The van der Waals surface area contributed by atoms with Gasteiger partial charge in [0, 0.05) is 11.8 Å². The number of nitrogens with two attached hydrogens (primary N) is 1. The van der Waals surface area contributed by atoms with Crippen molar-refractivity contribution >= 4 is 11.7 Å². The number of ether oxygens (including phenoxy) is 2. The van der Waals surface area contributed by atoms with Crippen LogP contribution in [0.15, 0.2) is 18.2 Å². The Labute approximate surface area is 87.0 Å². The Morgan fingerprint density at radius 2 is 2.33 bits per heavy atom. The van der Waals surface area contributed by atoms with Crippen LogP contribution in [0.25, 0.3) is 0 Å². The Bertz CT molecular complexity index is 410. The minimum atomic E-state index is -0.603. The topological polar surface area (TPSA) is 85.3 Å². The van der Waals surface area contributed by atoms with Crippen molar-refractivity contribution in [1.29, 1.82) is 5.26 Å². The van der Waals surface area contributed by atoms with E-state index in [2.05, 4.69) is 4.74 Å². The smallest absolute Gasteiger partial charge is 0.342 e. The number of anilines is 1. The number of nitrogen functional groups attached to an aromatic ring is 1. The van der Waals surface area contributed by atoms with Crippen LogP contribution >= 0.6 is 0 Å². The average molecular weight is 206 g/mol. The van der Waals surface area contributed by atoms with Crippen molar-refractivity contribution in [2.24, 2.45) is 0 Å². The molecule has 0 unspecified atom stereocenters. The normalized spacial score (nSPS) is 9.07. The van der Waals surface area contributed by atoms with Crippen molar-refractivity contribution in [2.75, 3.05) is 19.5 Å². The monoisotopic (exact) mass is 206 g/mol. The molecule has 1 rings (SSSR count). The fraction of sp³-hybridized carbons (Fsp3) is 0.200. The number of rotatable bonds is 3. The summed E-state index contributed by atoms with van der Waals surface area (Å²) >= 11 is 0. The van der Waals surface area contributed by atoms with Gasteiger partial charge < -0.3 is 15.2 Å². The van der Waals surface area contributed by atoms with Gasteiger partial charge in [-0.3, -0.25) is 0 Å². The second-order valence-electron chi connectivity index (χ2n) is 2.69. The number of nitrogens with zero attached hydrogens (tertiary/aromatic N) is 1. The molecule has 0 saturated carbocycles. The highest BCUT2D eigenvalue weighted by atomic mass is 16.5. The van der Waals surface area contributed by atoms with Gasteiger partial charge in [-0.25, -0.2) is 4.79 Å². The van der Waals surface area contributed by atoms with E-state index in [-0.39, 0.29) is 12.2 Å². The van der Waals surface area contributed by atoms with Crippen LogP contribution in [0.4, 0.5) is 5.69 Å². The first-order valence-corrected chi connectivity index (χ1v) is 4.16. The highest BCUT2D eigenvalue weighted by Gasteiger charge is 2.13. The van der Waals surface area contributed by atoms with Crippen LogP contribution in [0.3, 0.4) is 0 Å². The molecule has 78 valence electrons. The molecule has 0 aliphatic heterocycles. The molecule has 0 aliphatic rings. The second-order valence-corrected chi connectivity index (χ2v) is 2.69. The molecule has 0 bridgehead atoms. The second kappa shape index (κ2) is 4.86. The standard InChI is InChI=1S/C10H10N2O3/c1-14-9-6-7(12)2-3-8(9)10(13)15-5-4-11/h2-3,6H,5,12H2,1H3. The van der Waals surface area contributed by atoms with E-state index < -0.39 is 5.97 Å². The van der Waals surface area contributed by atoms with E-state index in [9.17, 15) is 4.79 Å². The lowest BCUT2D eigenvalue weighted by Crippen LogP contribution is -2.07. The maximum atomic E-state index is 11.4. The van der Waals surface area contributed by atoms with Gasteiger partial charge in [0.1, 0.15) is 17.4 Å². The van der Waals surface area contributed by atoms with Crippen LogP contribution in [0.5, 0.6) is 5.75 Å². The summed E-state index contributed by atoms with van der Waals surface area (Å²) in [4.78, 5) is 11.4. The largest absolute Gasteiger partial charge is 0.496 e. The summed E-state index contributed by atoms with van der Waals surface area (Å²) in [6, 6.07) is 6.28. The first kappa shape index (κ1) is 10.9. The Balaban J connectivity index is 2.93. The Kier molecular flexibility index (Phi) is 3.52. The predicted octanol–water partition coefficient (Wildman–Crippen LogP) is 0.958. The van der Waals surface area contributed by atoms with Crippen molar-refractivity contribution in [2.45, 2.75) is 0 Å². The van der Waals surface area contributed by atoms with Crippen LogP contribution in [-0.4, -0.2) is 19.7 Å². The lowest BCUT2D eigenvalue weighted by Gasteiger charge is -2.07. The van der Waals surface area contributed by atoms with Gasteiger partial charge in [-0.2, -0.15) is 5.26 Å². The van der Waals surface area contributed by atoms with E-state index in [1.807, 2.05) is 0 Å². The van der Waals surface area contributed by atoms with Crippen LogP contribution in [0.1, 0.15) is 10.4 Å². The van der Waals surface area contributed by atoms with Crippen molar-refractivity contribution in [3.8, 4) is 11.8 Å². The van der Waals surface area contributed by atoms with Crippen LogP contribution < -0.4 is 10.5 Å². The molecule has 0 aromatic heterocycles. The summed E-state index contributed by atoms with van der Waals surface area (Å²) in [6.07, 6.45) is 0. The Morgan fingerprint density at radius 1 is 1.60 bits per heavy atom.